The molecule has 3 aliphatic heterocycles. The fraction of sp³-hybridized carbons (Fsp3) is 0.480. The molecule has 0 aromatic heterocycles. The number of para-hydroxylation sites is 1. The standard InChI is InChI=1S/C25H30FN3O/c1-27-16-17-29-22-12-15-28(13-3-6-24(30)18-7-9-19(26)10-8-18)14-11-20(22)21-4-2-5-23(27)25(21)29/h2,4-5,7-10,20,22H,3,6,11-17H2,1H3/t20-,22-/m0/s1. The molecule has 5 heteroatoms. The van der Waals surface area contributed by atoms with Gasteiger partial charge < -0.3 is 14.7 Å². The fourth-order valence-corrected chi connectivity index (χ4v) is 5.64. The molecule has 5 rings (SSSR count). The molecule has 0 saturated carbocycles. The van der Waals surface area contributed by atoms with Crippen molar-refractivity contribution in [1.82, 2.24) is 4.90 Å². The van der Waals surface area contributed by atoms with Gasteiger partial charge in [-0.25, -0.2) is 4.39 Å². The highest BCUT2D eigenvalue weighted by molar-refractivity contribution is 5.95. The first kappa shape index (κ1) is 19.6. The quantitative estimate of drug-likeness (QED) is 0.691. The molecule has 158 valence electrons. The minimum absolute atomic E-state index is 0.112. The van der Waals surface area contributed by atoms with Gasteiger partial charge in [-0.05, 0) is 68.2 Å². The third-order valence-electron chi connectivity index (χ3n) is 7.23. The van der Waals surface area contributed by atoms with Crippen molar-refractivity contribution >= 4 is 17.2 Å². The Labute approximate surface area is 178 Å². The molecule has 0 unspecified atom stereocenters. The van der Waals surface area contributed by atoms with E-state index in [4.69, 9.17) is 0 Å². The van der Waals surface area contributed by atoms with E-state index in [2.05, 4.69) is 39.9 Å². The molecule has 0 spiro atoms. The second-order valence-electron chi connectivity index (χ2n) is 8.96. The smallest absolute Gasteiger partial charge is 0.162 e. The monoisotopic (exact) mass is 407 g/mol. The normalized spacial score (nSPS) is 23.1. The van der Waals surface area contributed by atoms with Crippen molar-refractivity contribution in [2.45, 2.75) is 37.6 Å². The van der Waals surface area contributed by atoms with Crippen molar-refractivity contribution in [2.24, 2.45) is 0 Å². The number of fused-ring (bicyclic) bond motifs is 3. The number of likely N-dealkylation sites (tertiary alicyclic amines) is 1. The van der Waals surface area contributed by atoms with Crippen LogP contribution in [0.2, 0.25) is 0 Å². The van der Waals surface area contributed by atoms with Crippen molar-refractivity contribution in [1.29, 1.82) is 0 Å². The van der Waals surface area contributed by atoms with Crippen molar-refractivity contribution in [3.63, 3.8) is 0 Å². The second-order valence-corrected chi connectivity index (χ2v) is 8.96. The maximum absolute atomic E-state index is 13.0. The molecule has 2 aromatic rings. The van der Waals surface area contributed by atoms with Crippen LogP contribution in [0.15, 0.2) is 42.5 Å². The fourth-order valence-electron chi connectivity index (χ4n) is 5.64. The highest BCUT2D eigenvalue weighted by atomic mass is 19.1. The molecule has 0 radical (unpaired) electrons. The number of nitrogens with zero attached hydrogens (tertiary/aromatic N) is 3. The van der Waals surface area contributed by atoms with Crippen LogP contribution in [0, 0.1) is 5.82 Å². The van der Waals surface area contributed by atoms with E-state index < -0.39 is 0 Å². The van der Waals surface area contributed by atoms with Gasteiger partial charge >= 0.3 is 0 Å². The third-order valence-corrected chi connectivity index (χ3v) is 7.23. The molecule has 0 bridgehead atoms. The molecule has 1 fully saturated rings. The number of halogens is 1. The van der Waals surface area contributed by atoms with E-state index >= 15 is 0 Å². The van der Waals surface area contributed by atoms with Crippen molar-refractivity contribution < 1.29 is 9.18 Å². The van der Waals surface area contributed by atoms with Crippen LogP contribution in [-0.2, 0) is 0 Å². The van der Waals surface area contributed by atoms with Gasteiger partial charge in [-0.1, -0.05) is 12.1 Å². The first-order valence-corrected chi connectivity index (χ1v) is 11.2. The van der Waals surface area contributed by atoms with E-state index in [1.807, 2.05) is 0 Å². The van der Waals surface area contributed by atoms with E-state index in [-0.39, 0.29) is 11.6 Å². The summed E-state index contributed by atoms with van der Waals surface area (Å²) >= 11 is 0. The highest BCUT2D eigenvalue weighted by Gasteiger charge is 2.42. The summed E-state index contributed by atoms with van der Waals surface area (Å²) in [7, 11) is 2.20. The summed E-state index contributed by atoms with van der Waals surface area (Å²) in [6.45, 7) is 5.37. The number of hydrogen-bond acceptors (Lipinski definition) is 4. The third kappa shape index (κ3) is 3.49. The summed E-state index contributed by atoms with van der Waals surface area (Å²) in [6.07, 6.45) is 3.77. The Bertz CT molecular complexity index is 928. The number of anilines is 2. The first-order chi connectivity index (χ1) is 14.6. The predicted molar refractivity (Wildman–Crippen MR) is 119 cm³/mol. The largest absolute Gasteiger partial charge is 0.371 e. The molecule has 0 aliphatic carbocycles. The molecule has 0 amide bonds. The van der Waals surface area contributed by atoms with Crippen molar-refractivity contribution in [3.05, 3.63) is 59.4 Å². The summed E-state index contributed by atoms with van der Waals surface area (Å²) in [6, 6.07) is 13.3. The maximum Gasteiger partial charge on any atom is 0.162 e. The molecule has 3 heterocycles. The van der Waals surface area contributed by atoms with E-state index in [1.54, 1.807) is 12.1 Å². The van der Waals surface area contributed by atoms with Gasteiger partial charge in [0.2, 0.25) is 0 Å². The second kappa shape index (κ2) is 8.03. The Hall–Kier alpha value is -2.40. The zero-order valence-electron chi connectivity index (χ0n) is 17.7. The summed E-state index contributed by atoms with van der Waals surface area (Å²) < 4.78 is 13.0. The number of carbonyl (C=O) groups excluding carboxylic acids is 1. The van der Waals surface area contributed by atoms with Crippen LogP contribution >= 0.6 is 0 Å². The zero-order chi connectivity index (χ0) is 20.7. The Morgan fingerprint density at radius 3 is 2.67 bits per heavy atom. The number of benzene rings is 2. The minimum Gasteiger partial charge on any atom is -0.371 e. The zero-order valence-corrected chi connectivity index (χ0v) is 17.7. The number of carbonyl (C=O) groups is 1. The van der Waals surface area contributed by atoms with Crippen LogP contribution in [0.25, 0.3) is 0 Å². The SMILES string of the molecule is CN1CCN2c3c(cccc31)[C@@H]1CCN(CCCC(=O)c3ccc(F)cc3)CC[C@@H]12. The Morgan fingerprint density at radius 1 is 1.03 bits per heavy atom. The van der Waals surface area contributed by atoms with Crippen LogP contribution in [-0.4, -0.2) is 56.5 Å². The van der Waals surface area contributed by atoms with Crippen LogP contribution in [0.1, 0.15) is 47.5 Å². The Balaban J connectivity index is 1.20. The van der Waals surface area contributed by atoms with Gasteiger partial charge in [-0.3, -0.25) is 4.79 Å². The molecule has 4 nitrogen and oxygen atoms in total. The summed E-state index contributed by atoms with van der Waals surface area (Å²) in [4.78, 5) is 20.0. The molecule has 2 aromatic carbocycles. The van der Waals surface area contributed by atoms with Gasteiger partial charge in [-0.2, -0.15) is 0 Å². The van der Waals surface area contributed by atoms with Crippen LogP contribution < -0.4 is 9.80 Å². The van der Waals surface area contributed by atoms with Gasteiger partial charge in [0, 0.05) is 50.6 Å². The lowest BCUT2D eigenvalue weighted by atomic mass is 9.91. The first-order valence-electron chi connectivity index (χ1n) is 11.2. The number of rotatable bonds is 5. The Morgan fingerprint density at radius 2 is 1.83 bits per heavy atom. The number of likely N-dealkylation sites (N-methyl/N-ethyl adjacent to an activating group) is 1. The van der Waals surface area contributed by atoms with Gasteiger partial charge in [0.25, 0.3) is 0 Å². The van der Waals surface area contributed by atoms with Gasteiger partial charge in [0.1, 0.15) is 5.82 Å². The molecular weight excluding hydrogens is 377 g/mol. The average molecular weight is 408 g/mol. The van der Waals surface area contributed by atoms with E-state index in [0.29, 0.717) is 23.9 Å². The maximum atomic E-state index is 13.0. The molecule has 1 saturated heterocycles. The average Bonchev–Trinajstić information content (AvgIpc) is 2.91. The summed E-state index contributed by atoms with van der Waals surface area (Å²) in [5.41, 5.74) is 5.03. The van der Waals surface area contributed by atoms with Gasteiger partial charge in [0.15, 0.2) is 5.78 Å². The minimum atomic E-state index is -0.296. The molecule has 0 N–H and O–H groups in total. The van der Waals surface area contributed by atoms with Gasteiger partial charge in [0.05, 0.1) is 11.4 Å². The van der Waals surface area contributed by atoms with Crippen LogP contribution in [0.5, 0.6) is 0 Å². The number of Topliss-reactive ketones (excluding diaryl/α,β-unsaturated/α-hetero) is 1. The summed E-state index contributed by atoms with van der Waals surface area (Å²) in [5, 5.41) is 0. The lowest BCUT2D eigenvalue weighted by Crippen LogP contribution is -2.43. The van der Waals surface area contributed by atoms with E-state index in [9.17, 15) is 9.18 Å². The van der Waals surface area contributed by atoms with Crippen molar-refractivity contribution in [3.8, 4) is 0 Å². The molecular formula is C25H30FN3O. The van der Waals surface area contributed by atoms with Gasteiger partial charge in [-0.15, -0.1) is 0 Å². The molecule has 2 atom stereocenters. The molecule has 30 heavy (non-hydrogen) atoms. The lowest BCUT2D eigenvalue weighted by Gasteiger charge is -2.38. The highest BCUT2D eigenvalue weighted by Crippen LogP contribution is 2.50. The number of ketones is 1. The predicted octanol–water partition coefficient (Wildman–Crippen LogP) is 4.31. The van der Waals surface area contributed by atoms with E-state index in [0.717, 1.165) is 39.1 Å². The Kier molecular flexibility index (Phi) is 5.23. The lowest BCUT2D eigenvalue weighted by molar-refractivity contribution is 0.0975. The van der Waals surface area contributed by atoms with Crippen molar-refractivity contribution in [2.75, 3.05) is 49.6 Å². The van der Waals surface area contributed by atoms with Crippen LogP contribution in [0.3, 0.4) is 0 Å². The van der Waals surface area contributed by atoms with E-state index in [1.165, 1.54) is 41.9 Å². The van der Waals surface area contributed by atoms with Crippen LogP contribution in [0.4, 0.5) is 15.8 Å². The topological polar surface area (TPSA) is 26.8 Å². The molecule has 3 aliphatic rings. The number of hydrogen-bond donors (Lipinski definition) is 0. The summed E-state index contributed by atoms with van der Waals surface area (Å²) in [5.74, 6) is 0.439.